The first-order valence-corrected chi connectivity index (χ1v) is 12.2. The van der Waals surface area contributed by atoms with E-state index in [1.54, 1.807) is 12.1 Å². The Morgan fingerprint density at radius 3 is 2.17 bits per heavy atom. The zero-order valence-electron chi connectivity index (χ0n) is 20.6. The number of hydrogen-bond donors (Lipinski definition) is 1. The van der Waals surface area contributed by atoms with Crippen molar-refractivity contribution in [2.75, 3.05) is 31.1 Å². The predicted octanol–water partition coefficient (Wildman–Crippen LogP) is 4.12. The van der Waals surface area contributed by atoms with Gasteiger partial charge in [-0.2, -0.15) is 0 Å². The van der Waals surface area contributed by atoms with Gasteiger partial charge in [-0.15, -0.1) is 0 Å². The minimum Gasteiger partial charge on any atom is -0.353 e. The Labute approximate surface area is 207 Å². The zero-order valence-corrected chi connectivity index (χ0v) is 20.6. The molecular weight excluding hydrogens is 438 g/mol. The van der Waals surface area contributed by atoms with Crippen LogP contribution in [0.4, 0.5) is 5.82 Å². The number of benzene rings is 2. The van der Waals surface area contributed by atoms with Gasteiger partial charge < -0.3 is 15.1 Å². The smallest absolute Gasteiger partial charge is 0.251 e. The van der Waals surface area contributed by atoms with Crippen LogP contribution in [0.15, 0.2) is 66.7 Å². The molecule has 1 aliphatic heterocycles. The van der Waals surface area contributed by atoms with E-state index in [-0.39, 0.29) is 24.2 Å². The third-order valence-corrected chi connectivity index (χ3v) is 6.25. The largest absolute Gasteiger partial charge is 0.353 e. The molecule has 1 aromatic heterocycles. The second kappa shape index (κ2) is 11.1. The average Bonchev–Trinajstić information content (AvgIpc) is 2.89. The lowest BCUT2D eigenvalue weighted by Gasteiger charge is -2.36. The summed E-state index contributed by atoms with van der Waals surface area (Å²) in [4.78, 5) is 39.5. The van der Waals surface area contributed by atoms with Gasteiger partial charge in [0.25, 0.3) is 5.91 Å². The average molecular weight is 472 g/mol. The topological polar surface area (TPSA) is 78.4 Å². The number of nitrogens with one attached hydrogen (secondary N) is 1. The number of anilines is 1. The molecule has 0 unspecified atom stereocenters. The van der Waals surface area contributed by atoms with Crippen LogP contribution < -0.4 is 10.2 Å². The molecule has 0 aliphatic carbocycles. The summed E-state index contributed by atoms with van der Waals surface area (Å²) < 4.78 is 0. The monoisotopic (exact) mass is 471 g/mol. The van der Waals surface area contributed by atoms with Gasteiger partial charge in [0.2, 0.25) is 5.91 Å². The van der Waals surface area contributed by atoms with Crippen molar-refractivity contribution in [3.05, 3.63) is 89.4 Å². The number of hydrogen-bond acceptors (Lipinski definition) is 5. The molecule has 0 bridgehead atoms. The summed E-state index contributed by atoms with van der Waals surface area (Å²) in [6.07, 6.45) is 0.215. The quantitative estimate of drug-likeness (QED) is 0.561. The van der Waals surface area contributed by atoms with Gasteiger partial charge in [-0.1, -0.05) is 62.4 Å². The fourth-order valence-electron chi connectivity index (χ4n) is 4.25. The van der Waals surface area contributed by atoms with Crippen molar-refractivity contribution >= 4 is 17.6 Å². The van der Waals surface area contributed by atoms with E-state index >= 15 is 0 Å². The number of piperazine rings is 1. The van der Waals surface area contributed by atoms with Crippen LogP contribution >= 0.6 is 0 Å². The molecule has 4 rings (SSSR count). The first-order chi connectivity index (χ1) is 16.9. The second-order valence-corrected chi connectivity index (χ2v) is 9.26. The van der Waals surface area contributed by atoms with Gasteiger partial charge in [0.05, 0.1) is 12.5 Å². The Balaban J connectivity index is 1.41. The third-order valence-electron chi connectivity index (χ3n) is 6.25. The van der Waals surface area contributed by atoms with Crippen molar-refractivity contribution in [2.45, 2.75) is 39.2 Å². The standard InChI is InChI=1S/C28H33N5O2/c1-20(2)27-29-21(3)18-25(31-27)32-14-16-33(17-15-32)26(34)19-24(22-10-6-4-7-11-22)30-28(35)23-12-8-5-9-13-23/h4-13,18,20,24H,14-17,19H2,1-3H3,(H,30,35)/t24-/m1/s1. The maximum atomic E-state index is 13.3. The van der Waals surface area contributed by atoms with E-state index in [2.05, 4.69) is 29.0 Å². The molecule has 2 aromatic carbocycles. The van der Waals surface area contributed by atoms with E-state index in [4.69, 9.17) is 4.98 Å². The molecule has 1 saturated heterocycles. The summed E-state index contributed by atoms with van der Waals surface area (Å²) in [5.74, 6) is 1.88. The number of aryl methyl sites for hydroxylation is 1. The van der Waals surface area contributed by atoms with Gasteiger partial charge in [0, 0.05) is 49.4 Å². The fraction of sp³-hybridized carbons (Fsp3) is 0.357. The summed E-state index contributed by atoms with van der Waals surface area (Å²) in [5, 5.41) is 3.06. The molecule has 1 fully saturated rings. The molecule has 1 N–H and O–H groups in total. The summed E-state index contributed by atoms with van der Waals surface area (Å²) >= 11 is 0. The Bertz CT molecular complexity index is 1140. The first kappa shape index (κ1) is 24.4. The van der Waals surface area contributed by atoms with Gasteiger partial charge in [0.15, 0.2) is 0 Å². The number of nitrogens with zero attached hydrogens (tertiary/aromatic N) is 4. The number of rotatable bonds is 7. The fourth-order valence-corrected chi connectivity index (χ4v) is 4.25. The molecule has 0 spiro atoms. The lowest BCUT2D eigenvalue weighted by molar-refractivity contribution is -0.132. The molecule has 0 radical (unpaired) electrons. The van der Waals surface area contributed by atoms with Gasteiger partial charge in [0.1, 0.15) is 11.6 Å². The molecule has 1 atom stereocenters. The molecular formula is C28H33N5O2. The molecule has 2 heterocycles. The highest BCUT2D eigenvalue weighted by molar-refractivity contribution is 5.94. The van der Waals surface area contributed by atoms with E-state index in [0.717, 1.165) is 22.9 Å². The number of carbonyl (C=O) groups is 2. The SMILES string of the molecule is Cc1cc(N2CCN(C(=O)C[C@@H](NC(=O)c3ccccc3)c3ccccc3)CC2)nc(C(C)C)n1. The molecule has 182 valence electrons. The van der Waals surface area contributed by atoms with Gasteiger partial charge in [-0.05, 0) is 24.6 Å². The Morgan fingerprint density at radius 1 is 0.914 bits per heavy atom. The van der Waals surface area contributed by atoms with Crippen molar-refractivity contribution in [2.24, 2.45) is 0 Å². The van der Waals surface area contributed by atoms with Crippen molar-refractivity contribution in [1.82, 2.24) is 20.2 Å². The highest BCUT2D eigenvalue weighted by atomic mass is 16.2. The normalized spacial score (nSPS) is 14.6. The van der Waals surface area contributed by atoms with Crippen LogP contribution in [0.25, 0.3) is 0 Å². The maximum Gasteiger partial charge on any atom is 0.251 e. The summed E-state index contributed by atoms with van der Waals surface area (Å²) in [6, 6.07) is 20.4. The van der Waals surface area contributed by atoms with Crippen LogP contribution in [0.3, 0.4) is 0 Å². The van der Waals surface area contributed by atoms with Gasteiger partial charge in [-0.25, -0.2) is 9.97 Å². The molecule has 7 nitrogen and oxygen atoms in total. The predicted molar refractivity (Wildman–Crippen MR) is 137 cm³/mol. The molecule has 2 amide bonds. The van der Waals surface area contributed by atoms with Crippen LogP contribution in [-0.2, 0) is 4.79 Å². The van der Waals surface area contributed by atoms with Crippen molar-refractivity contribution in [3.8, 4) is 0 Å². The molecule has 0 saturated carbocycles. The number of carbonyl (C=O) groups excluding carboxylic acids is 2. The van der Waals surface area contributed by atoms with Crippen LogP contribution in [0.2, 0.25) is 0 Å². The summed E-state index contributed by atoms with van der Waals surface area (Å²) in [5.41, 5.74) is 2.45. The molecule has 35 heavy (non-hydrogen) atoms. The van der Waals surface area contributed by atoms with Crippen LogP contribution in [0.5, 0.6) is 0 Å². The molecule has 7 heteroatoms. The lowest BCUT2D eigenvalue weighted by atomic mass is 10.0. The van der Waals surface area contributed by atoms with Gasteiger partial charge in [-0.3, -0.25) is 9.59 Å². The first-order valence-electron chi connectivity index (χ1n) is 12.2. The van der Waals surface area contributed by atoms with E-state index in [9.17, 15) is 9.59 Å². The molecule has 1 aliphatic rings. The number of amides is 2. The van der Waals surface area contributed by atoms with Crippen molar-refractivity contribution < 1.29 is 9.59 Å². The Kier molecular flexibility index (Phi) is 7.75. The Morgan fingerprint density at radius 2 is 1.54 bits per heavy atom. The maximum absolute atomic E-state index is 13.3. The highest BCUT2D eigenvalue weighted by Crippen LogP contribution is 2.22. The van der Waals surface area contributed by atoms with Crippen molar-refractivity contribution in [3.63, 3.8) is 0 Å². The van der Waals surface area contributed by atoms with E-state index in [1.165, 1.54) is 0 Å². The lowest BCUT2D eigenvalue weighted by Crippen LogP contribution is -2.49. The van der Waals surface area contributed by atoms with E-state index < -0.39 is 6.04 Å². The molecule has 3 aromatic rings. The van der Waals surface area contributed by atoms with E-state index in [0.29, 0.717) is 31.7 Å². The van der Waals surface area contributed by atoms with Crippen molar-refractivity contribution in [1.29, 1.82) is 0 Å². The minimum atomic E-state index is -0.396. The van der Waals surface area contributed by atoms with E-state index in [1.807, 2.05) is 66.4 Å². The second-order valence-electron chi connectivity index (χ2n) is 9.26. The number of aromatic nitrogens is 2. The highest BCUT2D eigenvalue weighted by Gasteiger charge is 2.26. The van der Waals surface area contributed by atoms with Crippen LogP contribution in [0, 0.1) is 6.92 Å². The Hall–Kier alpha value is -3.74. The van der Waals surface area contributed by atoms with Crippen LogP contribution in [0.1, 0.15) is 59.7 Å². The summed E-state index contributed by atoms with van der Waals surface area (Å²) in [6.45, 7) is 8.84. The minimum absolute atomic E-state index is 0.0357. The zero-order chi connectivity index (χ0) is 24.8. The third kappa shape index (κ3) is 6.23. The summed E-state index contributed by atoms with van der Waals surface area (Å²) in [7, 11) is 0. The van der Waals surface area contributed by atoms with Gasteiger partial charge >= 0.3 is 0 Å². The van der Waals surface area contributed by atoms with Crippen LogP contribution in [-0.4, -0.2) is 52.9 Å².